The van der Waals surface area contributed by atoms with Gasteiger partial charge in [0, 0.05) is 5.56 Å². The Morgan fingerprint density at radius 1 is 1.15 bits per heavy atom. The van der Waals surface area contributed by atoms with Crippen LogP contribution in [0.5, 0.6) is 0 Å². The van der Waals surface area contributed by atoms with Gasteiger partial charge in [0.05, 0.1) is 12.3 Å². The molecular weight excluding hydrogens is 250 g/mol. The number of carbonyl (C=O) groups excluding carboxylic acids is 1. The molecule has 2 aromatic carbocycles. The maximum Gasteiger partial charge on any atom is 0.282 e. The van der Waals surface area contributed by atoms with Crippen LogP contribution in [0.2, 0.25) is 0 Å². The van der Waals surface area contributed by atoms with Crippen molar-refractivity contribution in [3.8, 4) is 0 Å². The zero-order valence-electron chi connectivity index (χ0n) is 11.5. The van der Waals surface area contributed by atoms with Crippen molar-refractivity contribution < 1.29 is 9.63 Å². The molecule has 20 heavy (non-hydrogen) atoms. The van der Waals surface area contributed by atoms with Crippen molar-refractivity contribution >= 4 is 11.6 Å². The van der Waals surface area contributed by atoms with Gasteiger partial charge in [0.2, 0.25) is 0 Å². The van der Waals surface area contributed by atoms with E-state index in [9.17, 15) is 4.79 Å². The minimum absolute atomic E-state index is 0.113. The van der Waals surface area contributed by atoms with E-state index in [2.05, 4.69) is 13.0 Å². The second kappa shape index (κ2) is 5.47. The molecular formula is C17H17NO2. The van der Waals surface area contributed by atoms with Gasteiger partial charge in [0.25, 0.3) is 5.91 Å². The lowest BCUT2D eigenvalue weighted by atomic mass is 10.0. The highest BCUT2D eigenvalue weighted by molar-refractivity contribution is 6.05. The van der Waals surface area contributed by atoms with Gasteiger partial charge in [-0.05, 0) is 43.5 Å². The number of nitrogens with zero attached hydrogens (tertiary/aromatic N) is 1. The highest BCUT2D eigenvalue weighted by atomic mass is 16.7. The molecule has 0 radical (unpaired) electrons. The first-order valence-electron chi connectivity index (χ1n) is 6.87. The maximum absolute atomic E-state index is 12.6. The summed E-state index contributed by atoms with van der Waals surface area (Å²) in [5, 5.41) is 1.44. The normalized spacial score (nSPS) is 14.6. The van der Waals surface area contributed by atoms with Crippen LogP contribution in [0.1, 0.15) is 27.9 Å². The lowest BCUT2D eigenvalue weighted by Gasteiger charge is -2.22. The molecule has 0 N–H and O–H groups in total. The molecule has 0 saturated heterocycles. The lowest BCUT2D eigenvalue weighted by Crippen LogP contribution is -2.31. The summed E-state index contributed by atoms with van der Waals surface area (Å²) in [6.45, 7) is 2.63. The van der Waals surface area contributed by atoms with E-state index in [1.54, 1.807) is 0 Å². The summed E-state index contributed by atoms with van der Waals surface area (Å²) >= 11 is 0. The van der Waals surface area contributed by atoms with Crippen molar-refractivity contribution in [3.05, 3.63) is 65.2 Å². The number of aryl methyl sites for hydroxylation is 2. The Morgan fingerprint density at radius 2 is 1.95 bits per heavy atom. The zero-order chi connectivity index (χ0) is 13.9. The Balaban J connectivity index is 2.00. The van der Waals surface area contributed by atoms with Crippen LogP contribution in [0.15, 0.2) is 48.5 Å². The molecule has 1 amide bonds. The second-order valence-electron chi connectivity index (χ2n) is 5.03. The molecule has 0 atom stereocenters. The van der Waals surface area contributed by atoms with Crippen molar-refractivity contribution in [2.24, 2.45) is 0 Å². The Hall–Kier alpha value is -2.13. The van der Waals surface area contributed by atoms with Crippen molar-refractivity contribution in [3.63, 3.8) is 0 Å². The smallest absolute Gasteiger partial charge is 0.266 e. The fraction of sp³-hybridized carbons (Fsp3) is 0.235. The standard InChI is InChI=1S/C17H17NO2/c1-13-9-10-16-15(12-13)8-5-11-20-18(16)17(19)14-6-3-2-4-7-14/h2-4,6-7,9-10,12H,5,8,11H2,1H3. The van der Waals surface area contributed by atoms with E-state index < -0.39 is 0 Å². The Morgan fingerprint density at radius 3 is 2.75 bits per heavy atom. The van der Waals surface area contributed by atoms with Crippen molar-refractivity contribution in [1.82, 2.24) is 0 Å². The van der Waals surface area contributed by atoms with E-state index in [0.29, 0.717) is 12.2 Å². The number of hydrogen-bond donors (Lipinski definition) is 0. The number of amides is 1. The number of hydroxylamine groups is 1. The Bertz CT molecular complexity index is 622. The van der Waals surface area contributed by atoms with Crippen LogP contribution in [-0.4, -0.2) is 12.5 Å². The van der Waals surface area contributed by atoms with E-state index in [0.717, 1.165) is 18.5 Å². The molecule has 3 nitrogen and oxygen atoms in total. The first-order valence-corrected chi connectivity index (χ1v) is 6.87. The van der Waals surface area contributed by atoms with Gasteiger partial charge >= 0.3 is 0 Å². The van der Waals surface area contributed by atoms with Crippen LogP contribution < -0.4 is 5.06 Å². The van der Waals surface area contributed by atoms with E-state index in [1.807, 2.05) is 42.5 Å². The first kappa shape index (κ1) is 12.9. The molecule has 1 aliphatic heterocycles. The summed E-state index contributed by atoms with van der Waals surface area (Å²) in [5.74, 6) is -0.113. The highest BCUT2D eigenvalue weighted by Crippen LogP contribution is 2.28. The summed E-state index contributed by atoms with van der Waals surface area (Å²) < 4.78 is 0. The monoisotopic (exact) mass is 267 g/mol. The number of benzene rings is 2. The number of rotatable bonds is 1. The van der Waals surface area contributed by atoms with E-state index >= 15 is 0 Å². The summed E-state index contributed by atoms with van der Waals surface area (Å²) in [6.07, 6.45) is 1.87. The summed E-state index contributed by atoms with van der Waals surface area (Å²) in [6, 6.07) is 15.4. The van der Waals surface area contributed by atoms with Gasteiger partial charge < -0.3 is 0 Å². The van der Waals surface area contributed by atoms with Crippen LogP contribution in [0.25, 0.3) is 0 Å². The average Bonchev–Trinajstić information content (AvgIpc) is 2.69. The molecule has 1 heterocycles. The third kappa shape index (κ3) is 2.45. The number of anilines is 1. The zero-order valence-corrected chi connectivity index (χ0v) is 11.5. The largest absolute Gasteiger partial charge is 0.282 e. The molecule has 2 aromatic rings. The molecule has 0 fully saturated rings. The fourth-order valence-corrected chi connectivity index (χ4v) is 2.47. The second-order valence-corrected chi connectivity index (χ2v) is 5.03. The van der Waals surface area contributed by atoms with Gasteiger partial charge in [-0.2, -0.15) is 5.06 Å². The van der Waals surface area contributed by atoms with E-state index in [-0.39, 0.29) is 5.91 Å². The molecule has 0 saturated carbocycles. The van der Waals surface area contributed by atoms with Gasteiger partial charge in [0.1, 0.15) is 0 Å². The van der Waals surface area contributed by atoms with Crippen LogP contribution in [0.3, 0.4) is 0 Å². The Labute approximate surface area is 118 Å². The van der Waals surface area contributed by atoms with Gasteiger partial charge in [-0.25, -0.2) is 0 Å². The summed E-state index contributed by atoms with van der Waals surface area (Å²) in [7, 11) is 0. The van der Waals surface area contributed by atoms with Crippen molar-refractivity contribution in [2.45, 2.75) is 19.8 Å². The van der Waals surface area contributed by atoms with Crippen molar-refractivity contribution in [1.29, 1.82) is 0 Å². The highest BCUT2D eigenvalue weighted by Gasteiger charge is 2.23. The number of carbonyl (C=O) groups is 1. The van der Waals surface area contributed by atoms with Gasteiger partial charge in [0.15, 0.2) is 0 Å². The minimum atomic E-state index is -0.113. The average molecular weight is 267 g/mol. The van der Waals surface area contributed by atoms with Crippen LogP contribution in [-0.2, 0) is 11.3 Å². The van der Waals surface area contributed by atoms with Gasteiger partial charge in [-0.1, -0.05) is 35.9 Å². The topological polar surface area (TPSA) is 29.5 Å². The number of fused-ring (bicyclic) bond motifs is 1. The predicted molar refractivity (Wildman–Crippen MR) is 78.7 cm³/mol. The number of hydrogen-bond acceptors (Lipinski definition) is 2. The fourth-order valence-electron chi connectivity index (χ4n) is 2.47. The molecule has 0 bridgehead atoms. The molecule has 1 aliphatic rings. The van der Waals surface area contributed by atoms with Crippen molar-refractivity contribution in [2.75, 3.05) is 11.7 Å². The van der Waals surface area contributed by atoms with Crippen LogP contribution in [0.4, 0.5) is 5.69 Å². The third-order valence-electron chi connectivity index (χ3n) is 3.47. The molecule has 102 valence electrons. The molecule has 0 aromatic heterocycles. The van der Waals surface area contributed by atoms with Gasteiger partial charge in [-0.15, -0.1) is 0 Å². The predicted octanol–water partition coefficient (Wildman–Crippen LogP) is 3.52. The van der Waals surface area contributed by atoms with E-state index in [1.165, 1.54) is 16.2 Å². The Kier molecular flexibility index (Phi) is 3.52. The molecule has 0 spiro atoms. The molecule has 3 heteroatoms. The van der Waals surface area contributed by atoms with Gasteiger partial charge in [-0.3, -0.25) is 9.63 Å². The molecule has 3 rings (SSSR count). The molecule has 0 unspecified atom stereocenters. The SMILES string of the molecule is Cc1ccc2c(c1)CCCON2C(=O)c1ccccc1. The minimum Gasteiger partial charge on any atom is -0.266 e. The third-order valence-corrected chi connectivity index (χ3v) is 3.47. The molecule has 0 aliphatic carbocycles. The van der Waals surface area contributed by atoms with Crippen LogP contribution in [0, 0.1) is 6.92 Å². The van der Waals surface area contributed by atoms with E-state index in [4.69, 9.17) is 4.84 Å². The van der Waals surface area contributed by atoms with Crippen LogP contribution >= 0.6 is 0 Å². The first-order chi connectivity index (χ1) is 9.75. The maximum atomic E-state index is 12.6. The lowest BCUT2D eigenvalue weighted by molar-refractivity contribution is 0.0658. The summed E-state index contributed by atoms with van der Waals surface area (Å²) in [5.41, 5.74) is 3.88. The summed E-state index contributed by atoms with van der Waals surface area (Å²) in [4.78, 5) is 18.3. The quantitative estimate of drug-likeness (QED) is 0.791.